The molecule has 0 fully saturated rings. The maximum Gasteiger partial charge on any atom is 0.335 e. The van der Waals surface area contributed by atoms with Crippen molar-refractivity contribution in [3.63, 3.8) is 0 Å². The summed E-state index contributed by atoms with van der Waals surface area (Å²) in [7, 11) is 0. The molecule has 5 nitrogen and oxygen atoms in total. The summed E-state index contributed by atoms with van der Waals surface area (Å²) < 4.78 is 0. The number of nitrogens with zero attached hydrogens (tertiary/aromatic N) is 1. The Morgan fingerprint density at radius 2 is 1.86 bits per heavy atom. The predicted molar refractivity (Wildman–Crippen MR) is 82.7 cm³/mol. The van der Waals surface area contributed by atoms with Crippen LogP contribution in [0.4, 0.5) is 4.79 Å². The maximum atomic E-state index is 12.0. The molecule has 0 unspecified atom stereocenters. The highest BCUT2D eigenvalue weighted by molar-refractivity contribution is 5.87. The van der Waals surface area contributed by atoms with E-state index in [2.05, 4.69) is 12.2 Å². The van der Waals surface area contributed by atoms with E-state index in [1.54, 1.807) is 29.2 Å². The number of hydrogen-bond acceptors (Lipinski definition) is 2. The molecule has 1 aromatic rings. The Labute approximate surface area is 126 Å². The first-order valence-corrected chi connectivity index (χ1v) is 7.43. The summed E-state index contributed by atoms with van der Waals surface area (Å²) in [6.07, 6.45) is 2.77. The van der Waals surface area contributed by atoms with Gasteiger partial charge in [0.25, 0.3) is 0 Å². The van der Waals surface area contributed by atoms with Gasteiger partial charge in [-0.3, -0.25) is 0 Å². The highest BCUT2D eigenvalue weighted by Gasteiger charge is 2.09. The largest absolute Gasteiger partial charge is 0.478 e. The predicted octanol–water partition coefficient (Wildman–Crippen LogP) is 2.76. The number of carbonyl (C=O) groups is 2. The Balaban J connectivity index is 2.38. The van der Waals surface area contributed by atoms with Crippen molar-refractivity contribution in [2.75, 3.05) is 19.6 Å². The number of carboxylic acid groups (broad SMARTS) is 1. The topological polar surface area (TPSA) is 69.6 Å². The second-order valence-corrected chi connectivity index (χ2v) is 4.92. The van der Waals surface area contributed by atoms with Crippen LogP contribution in [0, 0.1) is 0 Å². The number of amides is 2. The molecule has 21 heavy (non-hydrogen) atoms. The van der Waals surface area contributed by atoms with Gasteiger partial charge in [0, 0.05) is 19.6 Å². The number of carbonyl (C=O) groups excluding carboxylic acids is 1. The quantitative estimate of drug-likeness (QED) is 0.774. The average Bonchev–Trinajstić information content (AvgIpc) is 2.48. The van der Waals surface area contributed by atoms with Gasteiger partial charge in [-0.05, 0) is 37.5 Å². The molecule has 0 aliphatic carbocycles. The van der Waals surface area contributed by atoms with Gasteiger partial charge in [-0.25, -0.2) is 9.59 Å². The van der Waals surface area contributed by atoms with Crippen LogP contribution in [0.15, 0.2) is 24.3 Å². The van der Waals surface area contributed by atoms with Crippen LogP contribution >= 0.6 is 0 Å². The molecule has 1 rings (SSSR count). The van der Waals surface area contributed by atoms with Gasteiger partial charge in [0.05, 0.1) is 5.56 Å². The number of nitrogens with one attached hydrogen (secondary N) is 1. The number of urea groups is 1. The van der Waals surface area contributed by atoms with Crippen molar-refractivity contribution in [3.05, 3.63) is 35.4 Å². The summed E-state index contributed by atoms with van der Waals surface area (Å²) in [5, 5.41) is 11.7. The summed E-state index contributed by atoms with van der Waals surface area (Å²) in [6, 6.07) is 6.69. The van der Waals surface area contributed by atoms with Crippen LogP contribution in [0.25, 0.3) is 0 Å². The van der Waals surface area contributed by atoms with Crippen molar-refractivity contribution in [2.24, 2.45) is 0 Å². The Hall–Kier alpha value is -2.04. The zero-order valence-corrected chi connectivity index (χ0v) is 12.8. The molecule has 0 spiro atoms. The molecule has 0 saturated carbocycles. The van der Waals surface area contributed by atoms with Crippen LogP contribution in [0.1, 0.15) is 42.6 Å². The molecular weight excluding hydrogens is 268 g/mol. The van der Waals surface area contributed by atoms with E-state index in [9.17, 15) is 9.59 Å². The molecule has 0 atom stereocenters. The van der Waals surface area contributed by atoms with E-state index < -0.39 is 5.97 Å². The summed E-state index contributed by atoms with van der Waals surface area (Å²) in [5.41, 5.74) is 1.29. The van der Waals surface area contributed by atoms with Gasteiger partial charge in [0.15, 0.2) is 0 Å². The third-order valence-corrected chi connectivity index (χ3v) is 3.34. The lowest BCUT2D eigenvalue weighted by atomic mass is 10.1. The lowest BCUT2D eigenvalue weighted by Crippen LogP contribution is -2.41. The number of aromatic carboxylic acids is 1. The Kier molecular flexibility index (Phi) is 7.29. The normalized spacial score (nSPS) is 10.2. The second-order valence-electron chi connectivity index (χ2n) is 4.92. The van der Waals surface area contributed by atoms with Gasteiger partial charge >= 0.3 is 12.0 Å². The van der Waals surface area contributed by atoms with Crippen LogP contribution in [-0.4, -0.2) is 41.6 Å². The van der Waals surface area contributed by atoms with Gasteiger partial charge in [0.1, 0.15) is 0 Å². The zero-order chi connectivity index (χ0) is 15.7. The average molecular weight is 292 g/mol. The van der Waals surface area contributed by atoms with E-state index in [1.807, 2.05) is 6.92 Å². The summed E-state index contributed by atoms with van der Waals surface area (Å²) >= 11 is 0. The van der Waals surface area contributed by atoms with E-state index in [1.165, 1.54) is 0 Å². The van der Waals surface area contributed by atoms with Crippen molar-refractivity contribution in [1.82, 2.24) is 10.2 Å². The molecule has 5 heteroatoms. The van der Waals surface area contributed by atoms with E-state index in [-0.39, 0.29) is 11.6 Å². The minimum Gasteiger partial charge on any atom is -0.478 e. The molecular formula is C16H24N2O3. The number of hydrogen-bond donors (Lipinski definition) is 2. The zero-order valence-electron chi connectivity index (χ0n) is 12.8. The summed E-state index contributed by atoms with van der Waals surface area (Å²) in [4.78, 5) is 24.5. The third kappa shape index (κ3) is 5.85. The SMILES string of the molecule is CCCCN(CC)C(=O)NCCc1ccc(C(=O)O)cc1. The van der Waals surface area contributed by atoms with Crippen molar-refractivity contribution in [3.8, 4) is 0 Å². The Bertz CT molecular complexity index is 457. The van der Waals surface area contributed by atoms with E-state index in [0.717, 1.165) is 24.9 Å². The molecule has 0 bridgehead atoms. The first-order valence-electron chi connectivity index (χ1n) is 7.43. The van der Waals surface area contributed by atoms with Crippen molar-refractivity contribution < 1.29 is 14.7 Å². The molecule has 0 heterocycles. The second kappa shape index (κ2) is 9.00. The smallest absolute Gasteiger partial charge is 0.335 e. The van der Waals surface area contributed by atoms with E-state index in [4.69, 9.17) is 5.11 Å². The highest BCUT2D eigenvalue weighted by atomic mass is 16.4. The van der Waals surface area contributed by atoms with Gasteiger partial charge in [-0.1, -0.05) is 25.5 Å². The van der Waals surface area contributed by atoms with Gasteiger partial charge in [-0.15, -0.1) is 0 Å². The maximum absolute atomic E-state index is 12.0. The third-order valence-electron chi connectivity index (χ3n) is 3.34. The van der Waals surface area contributed by atoms with Crippen LogP contribution in [0.3, 0.4) is 0 Å². The monoisotopic (exact) mass is 292 g/mol. The molecule has 2 amide bonds. The summed E-state index contributed by atoms with van der Waals surface area (Å²) in [6.45, 7) is 6.12. The van der Waals surface area contributed by atoms with Crippen LogP contribution in [0.5, 0.6) is 0 Å². The van der Waals surface area contributed by atoms with Gasteiger partial charge in [0.2, 0.25) is 0 Å². The van der Waals surface area contributed by atoms with Crippen LogP contribution < -0.4 is 5.32 Å². The van der Waals surface area contributed by atoms with Crippen molar-refractivity contribution in [1.29, 1.82) is 0 Å². The number of unbranched alkanes of at least 4 members (excludes halogenated alkanes) is 1. The van der Waals surface area contributed by atoms with Crippen molar-refractivity contribution in [2.45, 2.75) is 33.1 Å². The van der Waals surface area contributed by atoms with Gasteiger partial charge < -0.3 is 15.3 Å². The Morgan fingerprint density at radius 3 is 2.38 bits per heavy atom. The molecule has 0 aromatic heterocycles. The minimum absolute atomic E-state index is 0.0342. The highest BCUT2D eigenvalue weighted by Crippen LogP contribution is 2.05. The molecule has 2 N–H and O–H groups in total. The number of benzene rings is 1. The molecule has 1 aromatic carbocycles. The fourth-order valence-corrected chi connectivity index (χ4v) is 1.99. The first-order chi connectivity index (χ1) is 10.1. The number of carboxylic acids is 1. The molecule has 0 saturated heterocycles. The number of rotatable bonds is 8. The Morgan fingerprint density at radius 1 is 1.19 bits per heavy atom. The lowest BCUT2D eigenvalue weighted by Gasteiger charge is -2.21. The summed E-state index contributed by atoms with van der Waals surface area (Å²) in [5.74, 6) is -0.927. The van der Waals surface area contributed by atoms with Crippen molar-refractivity contribution >= 4 is 12.0 Å². The molecule has 0 radical (unpaired) electrons. The van der Waals surface area contributed by atoms with Crippen LogP contribution in [-0.2, 0) is 6.42 Å². The standard InChI is InChI=1S/C16H24N2O3/c1-3-5-12-18(4-2)16(21)17-11-10-13-6-8-14(9-7-13)15(19)20/h6-9H,3-5,10-12H2,1-2H3,(H,17,21)(H,19,20). The van der Waals surface area contributed by atoms with Gasteiger partial charge in [-0.2, -0.15) is 0 Å². The lowest BCUT2D eigenvalue weighted by molar-refractivity contribution is 0.0697. The molecule has 0 aliphatic rings. The first kappa shape index (κ1) is 17.0. The molecule has 0 aliphatic heterocycles. The van der Waals surface area contributed by atoms with Crippen LogP contribution in [0.2, 0.25) is 0 Å². The minimum atomic E-state index is -0.927. The van der Waals surface area contributed by atoms with E-state index >= 15 is 0 Å². The molecule has 116 valence electrons. The van der Waals surface area contributed by atoms with E-state index in [0.29, 0.717) is 19.5 Å². The fraction of sp³-hybridized carbons (Fsp3) is 0.500. The fourth-order valence-electron chi connectivity index (χ4n) is 1.99.